The van der Waals surface area contributed by atoms with E-state index in [-0.39, 0.29) is 22.3 Å². The van der Waals surface area contributed by atoms with Crippen LogP contribution in [0.25, 0.3) is 0 Å². The fourth-order valence-electron chi connectivity index (χ4n) is 11.1. The van der Waals surface area contributed by atoms with Crippen molar-refractivity contribution in [2.24, 2.45) is 50.7 Å². The molecule has 0 aliphatic heterocycles. The first-order chi connectivity index (χ1) is 15.3. The highest BCUT2D eigenvalue weighted by molar-refractivity contribution is 5.86. The minimum Gasteiger partial charge on any atom is -0.393 e. The summed E-state index contributed by atoms with van der Waals surface area (Å²) in [6, 6.07) is 0. The van der Waals surface area contributed by atoms with E-state index in [1.165, 1.54) is 32.1 Å². The molecule has 186 valence electrons. The Bertz CT molecular complexity index is 861. The molecule has 3 heteroatoms. The van der Waals surface area contributed by atoms with Crippen LogP contribution in [0.3, 0.4) is 0 Å². The van der Waals surface area contributed by atoms with Crippen molar-refractivity contribution in [1.82, 2.24) is 0 Å². The SMILES string of the molecule is C=C(C)C(O)CC[C@@H](C)[C@H]1[C@@H](O)C[C@@]2(C)[C@@H]3CC[C@H]4C(C)(C)C(=O)CC[C@@]45C[C@@]35CC[C@]12C. The van der Waals surface area contributed by atoms with Crippen LogP contribution in [0.1, 0.15) is 106 Å². The molecule has 2 spiro atoms. The van der Waals surface area contributed by atoms with Gasteiger partial charge in [-0.1, -0.05) is 46.8 Å². The maximum Gasteiger partial charge on any atom is 0.138 e. The Hall–Kier alpha value is -0.670. The highest BCUT2D eigenvalue weighted by Gasteiger charge is 2.82. The normalized spacial score (nSPS) is 51.6. The van der Waals surface area contributed by atoms with E-state index in [2.05, 4.69) is 41.2 Å². The van der Waals surface area contributed by atoms with Gasteiger partial charge in [0.05, 0.1) is 12.2 Å². The fraction of sp³-hybridized carbons (Fsp3) is 0.900. The minimum absolute atomic E-state index is 0.145. The monoisotopic (exact) mass is 456 g/mol. The number of carbonyl (C=O) groups is 1. The standard InChI is InChI=1S/C30H48O3/c1-18(2)20(31)9-8-19(3)25-21(32)16-28(7)23-11-10-22-26(4,5)24(33)12-13-29(22)17-30(23,29)15-14-27(25,28)6/h19-23,25,31-32H,1,8-17H2,2-7H3/t19-,20?,21+,22+,23+,25+,27-,28+,29-,30+/m1/s1. The molecule has 0 aromatic heterocycles. The van der Waals surface area contributed by atoms with E-state index in [0.29, 0.717) is 40.3 Å². The molecule has 5 saturated carbocycles. The van der Waals surface area contributed by atoms with Gasteiger partial charge in [-0.3, -0.25) is 4.79 Å². The quantitative estimate of drug-likeness (QED) is 0.476. The Labute approximate surface area is 201 Å². The molecule has 0 bridgehead atoms. The van der Waals surface area contributed by atoms with E-state index in [0.717, 1.165) is 37.7 Å². The molecule has 5 fully saturated rings. The molecule has 5 aliphatic rings. The Morgan fingerprint density at radius 1 is 1.03 bits per heavy atom. The first-order valence-electron chi connectivity index (χ1n) is 13.8. The van der Waals surface area contributed by atoms with Crippen molar-refractivity contribution < 1.29 is 15.0 Å². The smallest absolute Gasteiger partial charge is 0.138 e. The predicted molar refractivity (Wildman–Crippen MR) is 132 cm³/mol. The topological polar surface area (TPSA) is 57.5 Å². The van der Waals surface area contributed by atoms with Gasteiger partial charge in [0.25, 0.3) is 0 Å². The van der Waals surface area contributed by atoms with Crippen molar-refractivity contribution in [2.45, 2.75) is 118 Å². The molecule has 3 nitrogen and oxygen atoms in total. The summed E-state index contributed by atoms with van der Waals surface area (Å²) in [6.07, 6.45) is 10.1. The van der Waals surface area contributed by atoms with Crippen LogP contribution in [-0.4, -0.2) is 28.2 Å². The van der Waals surface area contributed by atoms with Crippen LogP contribution in [0.2, 0.25) is 0 Å². The van der Waals surface area contributed by atoms with E-state index in [9.17, 15) is 15.0 Å². The van der Waals surface area contributed by atoms with Crippen LogP contribution in [-0.2, 0) is 4.79 Å². The molecular weight excluding hydrogens is 408 g/mol. The summed E-state index contributed by atoms with van der Waals surface area (Å²) < 4.78 is 0. The fourth-order valence-corrected chi connectivity index (χ4v) is 11.1. The molecule has 0 aromatic rings. The lowest BCUT2D eigenvalue weighted by Gasteiger charge is -2.62. The number of hydrogen-bond acceptors (Lipinski definition) is 3. The van der Waals surface area contributed by atoms with Crippen molar-refractivity contribution in [3.8, 4) is 0 Å². The molecule has 0 aromatic carbocycles. The van der Waals surface area contributed by atoms with Gasteiger partial charge in [0, 0.05) is 11.8 Å². The van der Waals surface area contributed by atoms with Gasteiger partial charge in [0.2, 0.25) is 0 Å². The van der Waals surface area contributed by atoms with Crippen molar-refractivity contribution in [2.75, 3.05) is 0 Å². The molecule has 2 N–H and O–H groups in total. The Morgan fingerprint density at radius 2 is 1.67 bits per heavy atom. The maximum absolute atomic E-state index is 12.8. The highest BCUT2D eigenvalue weighted by atomic mass is 16.3. The first kappa shape index (κ1) is 24.0. The lowest BCUT2D eigenvalue weighted by atomic mass is 9.42. The number of hydrogen-bond donors (Lipinski definition) is 2. The van der Waals surface area contributed by atoms with Gasteiger partial charge < -0.3 is 10.2 Å². The van der Waals surface area contributed by atoms with E-state index < -0.39 is 6.10 Å². The van der Waals surface area contributed by atoms with Crippen molar-refractivity contribution >= 4 is 5.78 Å². The number of rotatable bonds is 5. The van der Waals surface area contributed by atoms with Crippen LogP contribution in [0.15, 0.2) is 12.2 Å². The lowest BCUT2D eigenvalue weighted by molar-refractivity contribution is -0.157. The summed E-state index contributed by atoms with van der Waals surface area (Å²) >= 11 is 0. The summed E-state index contributed by atoms with van der Waals surface area (Å²) in [5, 5.41) is 21.8. The van der Waals surface area contributed by atoms with Crippen LogP contribution in [0.4, 0.5) is 0 Å². The average Bonchev–Trinajstić information content (AvgIpc) is 3.34. The van der Waals surface area contributed by atoms with Gasteiger partial charge in [0.1, 0.15) is 5.78 Å². The van der Waals surface area contributed by atoms with Gasteiger partial charge >= 0.3 is 0 Å². The molecule has 10 atom stereocenters. The second-order valence-corrected chi connectivity index (χ2v) is 14.4. The molecule has 5 aliphatic carbocycles. The molecular formula is C30H48O3. The molecule has 33 heavy (non-hydrogen) atoms. The second-order valence-electron chi connectivity index (χ2n) is 14.4. The third-order valence-corrected chi connectivity index (χ3v) is 13.0. The van der Waals surface area contributed by atoms with Crippen LogP contribution in [0.5, 0.6) is 0 Å². The van der Waals surface area contributed by atoms with Crippen LogP contribution < -0.4 is 0 Å². The van der Waals surface area contributed by atoms with Gasteiger partial charge in [-0.2, -0.15) is 0 Å². The lowest BCUT2D eigenvalue weighted by Crippen LogP contribution is -2.57. The predicted octanol–water partition coefficient (Wildman–Crippen LogP) is 6.32. The highest BCUT2D eigenvalue weighted by Crippen LogP contribution is 2.88. The Morgan fingerprint density at radius 3 is 2.33 bits per heavy atom. The summed E-state index contributed by atoms with van der Waals surface area (Å²) in [6.45, 7) is 17.6. The van der Waals surface area contributed by atoms with Gasteiger partial charge in [0.15, 0.2) is 0 Å². The molecule has 1 unspecified atom stereocenters. The van der Waals surface area contributed by atoms with E-state index >= 15 is 0 Å². The van der Waals surface area contributed by atoms with Crippen LogP contribution in [0, 0.1) is 50.7 Å². The summed E-state index contributed by atoms with van der Waals surface area (Å²) in [5.74, 6) is 2.42. The number of aliphatic hydroxyl groups excluding tert-OH is 2. The zero-order valence-corrected chi connectivity index (χ0v) is 22.0. The van der Waals surface area contributed by atoms with Crippen molar-refractivity contribution in [1.29, 1.82) is 0 Å². The molecule has 5 rings (SSSR count). The number of carbonyl (C=O) groups excluding carboxylic acids is 1. The van der Waals surface area contributed by atoms with E-state index in [4.69, 9.17) is 0 Å². The summed E-state index contributed by atoms with van der Waals surface area (Å²) in [5.41, 5.74) is 1.79. The van der Waals surface area contributed by atoms with Gasteiger partial charge in [-0.25, -0.2) is 0 Å². The molecule has 0 heterocycles. The molecule has 0 saturated heterocycles. The zero-order valence-electron chi connectivity index (χ0n) is 22.0. The van der Waals surface area contributed by atoms with Gasteiger partial charge in [-0.15, -0.1) is 0 Å². The summed E-state index contributed by atoms with van der Waals surface area (Å²) in [7, 11) is 0. The van der Waals surface area contributed by atoms with Crippen LogP contribution >= 0.6 is 0 Å². The number of Topliss-reactive ketones (excluding diaryl/α,β-unsaturated/α-hetero) is 1. The third kappa shape index (κ3) is 2.85. The second kappa shape index (κ2) is 7.19. The van der Waals surface area contributed by atoms with Gasteiger partial charge in [-0.05, 0) is 110 Å². The zero-order chi connectivity index (χ0) is 24.2. The Kier molecular flexibility index (Phi) is 5.24. The first-order valence-corrected chi connectivity index (χ1v) is 13.8. The number of fused-ring (bicyclic) bond motifs is 2. The molecule has 0 radical (unpaired) electrons. The Balaban J connectivity index is 1.42. The number of aliphatic hydroxyl groups is 2. The van der Waals surface area contributed by atoms with Crippen molar-refractivity contribution in [3.63, 3.8) is 0 Å². The summed E-state index contributed by atoms with van der Waals surface area (Å²) in [4.78, 5) is 12.8. The van der Waals surface area contributed by atoms with Crippen molar-refractivity contribution in [3.05, 3.63) is 12.2 Å². The third-order valence-electron chi connectivity index (χ3n) is 13.0. The largest absolute Gasteiger partial charge is 0.393 e. The van der Waals surface area contributed by atoms with E-state index in [1.54, 1.807) is 0 Å². The number of ketones is 1. The molecule has 0 amide bonds. The average molecular weight is 457 g/mol. The minimum atomic E-state index is -0.432. The van der Waals surface area contributed by atoms with E-state index in [1.807, 2.05) is 6.92 Å². The maximum atomic E-state index is 12.8.